The molecule has 1 heterocycles. The molecule has 1 aromatic rings. The fraction of sp³-hybridized carbons (Fsp3) is 0.600. The zero-order valence-corrected chi connectivity index (χ0v) is 12.1. The van der Waals surface area contributed by atoms with Crippen LogP contribution in [0.1, 0.15) is 18.4 Å². The molecule has 4 nitrogen and oxygen atoms in total. The van der Waals surface area contributed by atoms with Gasteiger partial charge in [0.25, 0.3) is 0 Å². The van der Waals surface area contributed by atoms with Crippen molar-refractivity contribution in [1.29, 1.82) is 0 Å². The normalized spacial score (nSPS) is 16.2. The number of nitrogens with one attached hydrogen (secondary N) is 1. The van der Waals surface area contributed by atoms with Crippen molar-refractivity contribution in [2.75, 3.05) is 26.9 Å². The average molecular weight is 301 g/mol. The van der Waals surface area contributed by atoms with Crippen LogP contribution in [0.2, 0.25) is 0 Å². The van der Waals surface area contributed by atoms with Crippen molar-refractivity contribution < 1.29 is 23.0 Å². The van der Waals surface area contributed by atoms with Crippen LogP contribution in [0.25, 0.3) is 0 Å². The maximum Gasteiger partial charge on any atom is 0.387 e. The van der Waals surface area contributed by atoms with E-state index in [-0.39, 0.29) is 5.75 Å². The van der Waals surface area contributed by atoms with Crippen LogP contribution < -0.4 is 14.8 Å². The molecule has 21 heavy (non-hydrogen) atoms. The van der Waals surface area contributed by atoms with Crippen molar-refractivity contribution in [2.45, 2.75) is 26.0 Å². The molecule has 0 aromatic heterocycles. The second-order valence-corrected chi connectivity index (χ2v) is 5.01. The van der Waals surface area contributed by atoms with Crippen LogP contribution in [-0.4, -0.2) is 33.5 Å². The van der Waals surface area contributed by atoms with Gasteiger partial charge in [-0.15, -0.1) is 0 Å². The van der Waals surface area contributed by atoms with E-state index >= 15 is 0 Å². The van der Waals surface area contributed by atoms with E-state index in [0.717, 1.165) is 32.6 Å². The van der Waals surface area contributed by atoms with Crippen LogP contribution >= 0.6 is 0 Å². The standard InChI is InChI=1S/C15H21F2NO3/c1-19-13-4-2-3-12(14(13)21-15(16)17)10-18-9-11-5-7-20-8-6-11/h2-4,11,15,18H,5-10H2,1H3. The third-order valence-corrected chi connectivity index (χ3v) is 3.58. The monoisotopic (exact) mass is 301 g/mol. The zero-order valence-electron chi connectivity index (χ0n) is 12.1. The van der Waals surface area contributed by atoms with Crippen molar-refractivity contribution >= 4 is 0 Å². The van der Waals surface area contributed by atoms with E-state index in [1.807, 2.05) is 0 Å². The molecule has 0 spiro atoms. The van der Waals surface area contributed by atoms with Gasteiger partial charge >= 0.3 is 6.61 Å². The number of hydrogen-bond acceptors (Lipinski definition) is 4. The van der Waals surface area contributed by atoms with Crippen molar-refractivity contribution in [3.05, 3.63) is 23.8 Å². The van der Waals surface area contributed by atoms with E-state index in [9.17, 15) is 8.78 Å². The third kappa shape index (κ3) is 4.82. The highest BCUT2D eigenvalue weighted by molar-refractivity contribution is 5.46. The Hall–Kier alpha value is -1.40. The molecule has 0 radical (unpaired) electrons. The summed E-state index contributed by atoms with van der Waals surface area (Å²) in [5.41, 5.74) is 0.668. The van der Waals surface area contributed by atoms with E-state index in [1.165, 1.54) is 7.11 Å². The molecule has 1 N–H and O–H groups in total. The van der Waals surface area contributed by atoms with Crippen LogP contribution in [0.5, 0.6) is 11.5 Å². The highest BCUT2D eigenvalue weighted by atomic mass is 19.3. The van der Waals surface area contributed by atoms with Gasteiger partial charge in [-0.25, -0.2) is 0 Å². The quantitative estimate of drug-likeness (QED) is 0.840. The summed E-state index contributed by atoms with van der Waals surface area (Å²) in [6.07, 6.45) is 2.07. The predicted octanol–water partition coefficient (Wildman–Crippen LogP) is 2.81. The molecule has 1 aliphatic heterocycles. The Morgan fingerprint density at radius 3 is 2.76 bits per heavy atom. The van der Waals surface area contributed by atoms with Gasteiger partial charge < -0.3 is 19.5 Å². The molecule has 1 aromatic carbocycles. The molecule has 0 aliphatic carbocycles. The second kappa shape index (κ2) is 8.14. The third-order valence-electron chi connectivity index (χ3n) is 3.58. The Labute approximate surface area is 123 Å². The Morgan fingerprint density at radius 1 is 1.33 bits per heavy atom. The maximum atomic E-state index is 12.5. The zero-order chi connectivity index (χ0) is 15.1. The molecule has 0 amide bonds. The summed E-state index contributed by atoms with van der Waals surface area (Å²) in [5, 5.41) is 3.30. The van der Waals surface area contributed by atoms with E-state index in [4.69, 9.17) is 9.47 Å². The number of hydrogen-bond donors (Lipinski definition) is 1. The lowest BCUT2D eigenvalue weighted by atomic mass is 10.0. The van der Waals surface area contributed by atoms with Gasteiger partial charge in [0.15, 0.2) is 11.5 Å². The summed E-state index contributed by atoms with van der Waals surface area (Å²) >= 11 is 0. The molecule has 6 heteroatoms. The first-order valence-corrected chi connectivity index (χ1v) is 7.10. The molecule has 0 saturated carbocycles. The average Bonchev–Trinajstić information content (AvgIpc) is 2.49. The highest BCUT2D eigenvalue weighted by Gasteiger charge is 2.16. The summed E-state index contributed by atoms with van der Waals surface area (Å²) in [6, 6.07) is 5.14. The topological polar surface area (TPSA) is 39.7 Å². The Bertz CT molecular complexity index is 437. The van der Waals surface area contributed by atoms with Gasteiger partial charge in [-0.2, -0.15) is 8.78 Å². The molecule has 0 bridgehead atoms. The van der Waals surface area contributed by atoms with Crippen molar-refractivity contribution in [3.63, 3.8) is 0 Å². The number of para-hydroxylation sites is 1. The van der Waals surface area contributed by atoms with Gasteiger partial charge in [0.2, 0.25) is 0 Å². The van der Waals surface area contributed by atoms with E-state index in [1.54, 1.807) is 18.2 Å². The molecular formula is C15H21F2NO3. The summed E-state index contributed by atoms with van der Waals surface area (Å²) in [5.74, 6) is 0.999. The molecule has 118 valence electrons. The Kier molecular flexibility index (Phi) is 6.20. The van der Waals surface area contributed by atoms with Gasteiger partial charge in [-0.3, -0.25) is 0 Å². The lowest BCUT2D eigenvalue weighted by Gasteiger charge is -2.22. The number of halogens is 2. The fourth-order valence-electron chi connectivity index (χ4n) is 2.45. The number of benzene rings is 1. The van der Waals surface area contributed by atoms with Gasteiger partial charge in [0, 0.05) is 25.3 Å². The van der Waals surface area contributed by atoms with E-state index in [0.29, 0.717) is 23.8 Å². The molecular weight excluding hydrogens is 280 g/mol. The van der Waals surface area contributed by atoms with Gasteiger partial charge in [-0.05, 0) is 31.4 Å². The molecule has 1 saturated heterocycles. The number of methoxy groups -OCH3 is 1. The minimum atomic E-state index is -2.87. The van der Waals surface area contributed by atoms with Gasteiger partial charge in [0.1, 0.15) is 0 Å². The van der Waals surface area contributed by atoms with Crippen LogP contribution in [0.4, 0.5) is 8.78 Å². The molecule has 0 atom stereocenters. The van der Waals surface area contributed by atoms with Crippen molar-refractivity contribution in [2.24, 2.45) is 5.92 Å². The highest BCUT2D eigenvalue weighted by Crippen LogP contribution is 2.32. The van der Waals surface area contributed by atoms with Crippen LogP contribution in [0.3, 0.4) is 0 Å². The van der Waals surface area contributed by atoms with Crippen LogP contribution in [-0.2, 0) is 11.3 Å². The fourth-order valence-corrected chi connectivity index (χ4v) is 2.45. The first kappa shape index (κ1) is 16.0. The largest absolute Gasteiger partial charge is 0.493 e. The maximum absolute atomic E-state index is 12.5. The minimum absolute atomic E-state index is 0.106. The smallest absolute Gasteiger partial charge is 0.387 e. The number of alkyl halides is 2. The molecule has 1 fully saturated rings. The van der Waals surface area contributed by atoms with Gasteiger partial charge in [0.05, 0.1) is 7.11 Å². The first-order valence-electron chi connectivity index (χ1n) is 7.10. The van der Waals surface area contributed by atoms with Crippen LogP contribution in [0.15, 0.2) is 18.2 Å². The summed E-state index contributed by atoms with van der Waals surface area (Å²) in [7, 11) is 1.44. The first-order chi connectivity index (χ1) is 10.2. The van der Waals surface area contributed by atoms with Crippen molar-refractivity contribution in [3.8, 4) is 11.5 Å². The second-order valence-electron chi connectivity index (χ2n) is 5.01. The van der Waals surface area contributed by atoms with E-state index < -0.39 is 6.61 Å². The molecule has 0 unspecified atom stereocenters. The Morgan fingerprint density at radius 2 is 2.10 bits per heavy atom. The lowest BCUT2D eigenvalue weighted by Crippen LogP contribution is -2.27. The molecule has 1 aliphatic rings. The summed E-state index contributed by atoms with van der Waals surface area (Å²) < 4.78 is 40.0. The Balaban J connectivity index is 1.94. The SMILES string of the molecule is COc1cccc(CNCC2CCOCC2)c1OC(F)F. The summed E-state index contributed by atoms with van der Waals surface area (Å²) in [4.78, 5) is 0. The number of rotatable bonds is 7. The minimum Gasteiger partial charge on any atom is -0.493 e. The van der Waals surface area contributed by atoms with Gasteiger partial charge in [-0.1, -0.05) is 12.1 Å². The lowest BCUT2D eigenvalue weighted by molar-refractivity contribution is -0.0518. The van der Waals surface area contributed by atoms with Crippen molar-refractivity contribution in [1.82, 2.24) is 5.32 Å². The summed E-state index contributed by atoms with van der Waals surface area (Å²) in [6.45, 7) is 0.0393. The molecule has 2 rings (SSSR count). The van der Waals surface area contributed by atoms with Crippen LogP contribution in [0, 0.1) is 5.92 Å². The number of ether oxygens (including phenoxy) is 3. The predicted molar refractivity (Wildman–Crippen MR) is 74.9 cm³/mol. The van der Waals surface area contributed by atoms with E-state index in [2.05, 4.69) is 10.1 Å².